The van der Waals surface area contributed by atoms with Crippen LogP contribution in [0.25, 0.3) is 0 Å². The van der Waals surface area contributed by atoms with Gasteiger partial charge in [0.25, 0.3) is 0 Å². The van der Waals surface area contributed by atoms with Crippen LogP contribution in [0, 0.1) is 5.92 Å². The second kappa shape index (κ2) is 9.74. The maximum absolute atomic E-state index is 12.8. The van der Waals surface area contributed by atoms with Gasteiger partial charge in [-0.05, 0) is 0 Å². The number of nitrogens with zero attached hydrogens (tertiary/aromatic N) is 1. The van der Waals surface area contributed by atoms with Crippen molar-refractivity contribution in [2.24, 2.45) is 5.92 Å². The number of methoxy groups -OCH3 is 1. The average Bonchev–Trinajstić information content (AvgIpc) is 3.16. The molecule has 2 rings (SSSR count). The van der Waals surface area contributed by atoms with Crippen molar-refractivity contribution in [3.63, 3.8) is 0 Å². The van der Waals surface area contributed by atoms with Crippen molar-refractivity contribution < 1.29 is 19.1 Å². The van der Waals surface area contributed by atoms with E-state index in [1.54, 1.807) is 4.90 Å². The van der Waals surface area contributed by atoms with E-state index in [0.717, 1.165) is 12.0 Å². The molecule has 6 nitrogen and oxygen atoms in total. The molecule has 1 heterocycles. The summed E-state index contributed by atoms with van der Waals surface area (Å²) in [6, 6.07) is 8.14. The Morgan fingerprint density at radius 2 is 2.00 bits per heavy atom. The summed E-state index contributed by atoms with van der Waals surface area (Å²) in [6.07, 6.45) is 1.74. The summed E-state index contributed by atoms with van der Waals surface area (Å²) in [7, 11) is 1.30. The van der Waals surface area contributed by atoms with Crippen LogP contribution in [0.1, 0.15) is 25.3 Å². The van der Waals surface area contributed by atoms with Gasteiger partial charge in [0.15, 0.2) is 0 Å². The molecule has 1 aromatic rings. The summed E-state index contributed by atoms with van der Waals surface area (Å²) in [4.78, 5) is 39.0. The zero-order valence-corrected chi connectivity index (χ0v) is 16.9. The Balaban J connectivity index is 2.08. The molecule has 3 atom stereocenters. The number of nitrogens with one attached hydrogen (secondary N) is 1. The first kappa shape index (κ1) is 20.5. The number of carbonyl (C=O) groups is 3. The molecule has 7 heteroatoms. The van der Waals surface area contributed by atoms with Crippen LogP contribution < -0.4 is 5.32 Å². The quantitative estimate of drug-likeness (QED) is 0.526. The Morgan fingerprint density at radius 1 is 1.31 bits per heavy atom. The van der Waals surface area contributed by atoms with Crippen molar-refractivity contribution in [2.45, 2.75) is 43.6 Å². The Morgan fingerprint density at radius 3 is 2.62 bits per heavy atom. The van der Waals surface area contributed by atoms with Gasteiger partial charge < -0.3 is 0 Å². The fourth-order valence-corrected chi connectivity index (χ4v) is 3.41. The number of carbonyl (C=O) groups excluding carboxylic acids is 3. The van der Waals surface area contributed by atoms with Gasteiger partial charge in [-0.2, -0.15) is 0 Å². The Bertz CT molecular complexity index is 638. The van der Waals surface area contributed by atoms with E-state index in [1.807, 2.05) is 37.3 Å². The van der Waals surface area contributed by atoms with Crippen LogP contribution in [-0.2, 0) is 25.5 Å². The number of rotatable bonds is 7. The number of benzene rings is 1. The summed E-state index contributed by atoms with van der Waals surface area (Å²) in [5.41, 5.74) is 0.928. The van der Waals surface area contributed by atoms with Crippen LogP contribution in [0.15, 0.2) is 30.3 Å². The topological polar surface area (TPSA) is 75.7 Å². The predicted octanol–water partition coefficient (Wildman–Crippen LogP) is 1.10. The third kappa shape index (κ3) is 5.08. The fourth-order valence-electron chi connectivity index (χ4n) is 3.11. The fraction of sp³-hybridized carbons (Fsp3) is 0.526. The van der Waals surface area contributed by atoms with Crippen LogP contribution >= 0.6 is 0 Å². The summed E-state index contributed by atoms with van der Waals surface area (Å²) >= 11 is 2.86. The van der Waals surface area contributed by atoms with Crippen LogP contribution in [0.4, 0.5) is 0 Å². The molecule has 0 spiro atoms. The van der Waals surface area contributed by atoms with E-state index in [4.69, 9.17) is 4.74 Å². The first-order valence-electron chi connectivity index (χ1n) is 8.78. The Hall–Kier alpha value is -1.85. The summed E-state index contributed by atoms with van der Waals surface area (Å²) < 4.78 is 4.84. The van der Waals surface area contributed by atoms with Crippen molar-refractivity contribution in [3.8, 4) is 0 Å². The van der Waals surface area contributed by atoms with Crippen LogP contribution in [0.5, 0.6) is 0 Å². The SMILES string of the molecule is COC(=O)[C@H](Cc1ccccc1)NC(=O)[C@@H]1CCCN1C(=O)[C@H](C)C[Se]. The molecule has 141 valence electrons. The van der Waals surface area contributed by atoms with Gasteiger partial charge in [-0.1, -0.05) is 6.07 Å². The van der Waals surface area contributed by atoms with Crippen molar-refractivity contribution in [3.05, 3.63) is 35.9 Å². The first-order chi connectivity index (χ1) is 12.5. The van der Waals surface area contributed by atoms with E-state index in [1.165, 1.54) is 7.11 Å². The molecule has 1 saturated heterocycles. The normalized spacial score (nSPS) is 18.9. The molecule has 1 aromatic carbocycles. The molecule has 1 radical (unpaired) electrons. The van der Waals surface area contributed by atoms with Gasteiger partial charge in [0.2, 0.25) is 0 Å². The van der Waals surface area contributed by atoms with Gasteiger partial charge in [0.1, 0.15) is 0 Å². The molecule has 0 saturated carbocycles. The molecule has 26 heavy (non-hydrogen) atoms. The predicted molar refractivity (Wildman–Crippen MR) is 98.6 cm³/mol. The molecule has 0 unspecified atom stereocenters. The van der Waals surface area contributed by atoms with Gasteiger partial charge in [0.05, 0.1) is 0 Å². The van der Waals surface area contributed by atoms with Crippen molar-refractivity contribution in [2.75, 3.05) is 13.7 Å². The standard InChI is InChI=1S/C19H25N2O4Se/c1-13(12-26)18(23)21-10-6-9-16(21)17(22)20-15(19(24)25-2)11-14-7-4-3-5-8-14/h3-5,7-8,13,15-16H,6,9-12H2,1-2H3,(H,20,22)/t13-,15+,16+/m1/s1. The maximum atomic E-state index is 12.8. The first-order valence-corrected chi connectivity index (χ1v) is 9.99. The number of esters is 1. The molecule has 2 amide bonds. The van der Waals surface area contributed by atoms with Gasteiger partial charge in [-0.15, -0.1) is 0 Å². The van der Waals surface area contributed by atoms with E-state index in [0.29, 0.717) is 24.7 Å². The van der Waals surface area contributed by atoms with Crippen molar-refractivity contribution in [1.29, 1.82) is 0 Å². The molecule has 0 aromatic heterocycles. The van der Waals surface area contributed by atoms with E-state index >= 15 is 0 Å². The number of hydrogen-bond acceptors (Lipinski definition) is 4. The number of amides is 2. The molecule has 1 aliphatic rings. The minimum absolute atomic E-state index is 0.0286. The average molecular weight is 424 g/mol. The van der Waals surface area contributed by atoms with E-state index in [2.05, 4.69) is 21.3 Å². The Kier molecular flexibility index (Phi) is 7.66. The van der Waals surface area contributed by atoms with Gasteiger partial charge in [-0.3, -0.25) is 0 Å². The summed E-state index contributed by atoms with van der Waals surface area (Å²) in [5, 5.41) is 3.40. The monoisotopic (exact) mass is 425 g/mol. The van der Waals surface area contributed by atoms with E-state index in [9.17, 15) is 14.4 Å². The van der Waals surface area contributed by atoms with Gasteiger partial charge >= 0.3 is 156 Å². The van der Waals surface area contributed by atoms with Crippen molar-refractivity contribution in [1.82, 2.24) is 10.2 Å². The van der Waals surface area contributed by atoms with E-state index in [-0.39, 0.29) is 17.7 Å². The Labute approximate surface area is 162 Å². The summed E-state index contributed by atoms with van der Waals surface area (Å²) in [5.74, 6) is -0.979. The van der Waals surface area contributed by atoms with Gasteiger partial charge in [-0.25, -0.2) is 0 Å². The number of likely N-dealkylation sites (tertiary alicyclic amines) is 1. The van der Waals surface area contributed by atoms with Gasteiger partial charge in [0, 0.05) is 0 Å². The van der Waals surface area contributed by atoms with Crippen LogP contribution in [0.3, 0.4) is 0 Å². The molecule has 1 N–H and O–H groups in total. The number of ether oxygens (including phenoxy) is 1. The third-order valence-electron chi connectivity index (χ3n) is 4.59. The third-order valence-corrected chi connectivity index (χ3v) is 5.64. The van der Waals surface area contributed by atoms with E-state index < -0.39 is 18.1 Å². The molecule has 0 aliphatic carbocycles. The minimum atomic E-state index is -0.774. The van der Waals surface area contributed by atoms with Crippen molar-refractivity contribution >= 4 is 33.8 Å². The molecular weight excluding hydrogens is 399 g/mol. The zero-order valence-electron chi connectivity index (χ0n) is 15.1. The second-order valence-electron chi connectivity index (χ2n) is 6.53. The molecular formula is C19H25N2O4Se. The van der Waals surface area contributed by atoms with Crippen LogP contribution in [0.2, 0.25) is 5.32 Å². The molecule has 1 fully saturated rings. The number of hydrogen-bond donors (Lipinski definition) is 1. The second-order valence-corrected chi connectivity index (χ2v) is 7.23. The molecule has 1 aliphatic heterocycles. The zero-order chi connectivity index (χ0) is 19.1. The van der Waals surface area contributed by atoms with Crippen LogP contribution in [-0.4, -0.2) is 64.4 Å². The summed E-state index contributed by atoms with van der Waals surface area (Å²) in [6.45, 7) is 2.42. The molecule has 0 bridgehead atoms.